The van der Waals surface area contributed by atoms with Crippen molar-refractivity contribution in [3.63, 3.8) is 0 Å². The number of ether oxygens (including phenoxy) is 1. The van der Waals surface area contributed by atoms with Gasteiger partial charge in [-0.15, -0.1) is 0 Å². The number of hydrogen-bond acceptors (Lipinski definition) is 7. The van der Waals surface area contributed by atoms with Gasteiger partial charge in [0.1, 0.15) is 6.10 Å². The van der Waals surface area contributed by atoms with E-state index in [1.165, 1.54) is 24.3 Å². The Morgan fingerprint density at radius 2 is 2.08 bits per heavy atom. The molecule has 1 aromatic rings. The van der Waals surface area contributed by atoms with Crippen molar-refractivity contribution in [2.24, 2.45) is 5.92 Å². The Kier molecular flexibility index (Phi) is 6.81. The highest BCUT2D eigenvalue weighted by molar-refractivity contribution is 8.04. The second-order valence-corrected chi connectivity index (χ2v) is 11.8. The van der Waals surface area contributed by atoms with Crippen molar-refractivity contribution in [2.75, 3.05) is 24.5 Å². The highest BCUT2D eigenvalue weighted by Crippen LogP contribution is 2.48. The third kappa shape index (κ3) is 4.55. The number of hydrogen-bond donors (Lipinski definition) is 3. The zero-order valence-corrected chi connectivity index (χ0v) is 22.4. The first-order valence-corrected chi connectivity index (χ1v) is 14.4. The Balaban J connectivity index is 1.21. The number of carbonyl (C=O) groups is 3. The molecule has 5 heterocycles. The maximum absolute atomic E-state index is 13.5. The van der Waals surface area contributed by atoms with Gasteiger partial charge in [-0.3, -0.25) is 14.5 Å². The summed E-state index contributed by atoms with van der Waals surface area (Å²) in [5.41, 5.74) is 2.21. The number of nitrogens with one attached hydrogen (secondary N) is 3. The van der Waals surface area contributed by atoms with Crippen molar-refractivity contribution in [1.29, 1.82) is 0 Å². The lowest BCUT2D eigenvalue weighted by Gasteiger charge is -2.46. The molecule has 1 aromatic heterocycles. The third-order valence-electron chi connectivity index (χ3n) is 8.22. The number of aryl methyl sites for hydroxylation is 1. The van der Waals surface area contributed by atoms with E-state index >= 15 is 0 Å². The lowest BCUT2D eigenvalue weighted by molar-refractivity contribution is -0.128. The fraction of sp³-hybridized carbons (Fsp3) is 0.556. The Bertz CT molecular complexity index is 1200. The van der Waals surface area contributed by atoms with E-state index in [1.54, 1.807) is 4.90 Å². The number of likely N-dealkylation sites (tertiary alicyclic amines) is 1. The van der Waals surface area contributed by atoms with Gasteiger partial charge in [-0.1, -0.05) is 18.3 Å². The van der Waals surface area contributed by atoms with Crippen LogP contribution >= 0.6 is 11.8 Å². The average molecular weight is 539 g/mol. The fourth-order valence-corrected chi connectivity index (χ4v) is 7.49. The maximum atomic E-state index is 13.5. The van der Waals surface area contributed by atoms with Crippen molar-refractivity contribution in [3.05, 3.63) is 41.1 Å². The highest BCUT2D eigenvalue weighted by Gasteiger charge is 2.52. The number of aromatic nitrogens is 1. The standard InChI is InChI=1S/C27H34N6O4S/c1-3-21(34)32-13-5-6-16(14-32)30-25(35)24-23-22-19(11-12-28-26(22)38-24)33(27(36)31-23)18-9-10-20(29-15(18)2)37-17-7-4-8-17/h3,9-10,16-17,19,22,26,28H,1,4-8,11-14H2,2H3,(H,30,35)(H,31,36)/t16-,19?,22?,26?/m1/s1. The summed E-state index contributed by atoms with van der Waals surface area (Å²) in [5, 5.41) is 9.71. The van der Waals surface area contributed by atoms with Crippen LogP contribution in [-0.2, 0) is 9.59 Å². The number of piperidine rings is 2. The molecule has 3 unspecified atom stereocenters. The molecule has 3 N–H and O–H groups in total. The largest absolute Gasteiger partial charge is 0.474 e. The van der Waals surface area contributed by atoms with Crippen LogP contribution in [0.2, 0.25) is 0 Å². The van der Waals surface area contributed by atoms with Gasteiger partial charge in [0.05, 0.1) is 27.7 Å². The van der Waals surface area contributed by atoms with E-state index in [9.17, 15) is 14.4 Å². The number of carbonyl (C=O) groups excluding carboxylic acids is 3. The number of pyridine rings is 1. The quantitative estimate of drug-likeness (QED) is 0.477. The van der Waals surface area contributed by atoms with E-state index < -0.39 is 0 Å². The first-order chi connectivity index (χ1) is 18.4. The van der Waals surface area contributed by atoms with Crippen LogP contribution in [0.25, 0.3) is 0 Å². The SMILES string of the molecule is C=CC(=O)N1CCC[C@@H](NC(=O)C2=C3NC(=O)N(c4ccc(OC5CCC5)nc4C)C4CCNC(S2)C34)C1. The lowest BCUT2D eigenvalue weighted by Crippen LogP contribution is -2.62. The van der Waals surface area contributed by atoms with Crippen LogP contribution in [0.15, 0.2) is 35.4 Å². The molecule has 4 aliphatic heterocycles. The molecule has 4 amide bonds. The monoisotopic (exact) mass is 538 g/mol. The number of thioether (sulfide) groups is 1. The minimum absolute atomic E-state index is 0.00714. The van der Waals surface area contributed by atoms with Crippen molar-refractivity contribution in [2.45, 2.75) is 69.0 Å². The van der Waals surface area contributed by atoms with Gasteiger partial charge in [0.25, 0.3) is 5.91 Å². The molecule has 3 saturated heterocycles. The molecule has 10 nitrogen and oxygen atoms in total. The zero-order valence-electron chi connectivity index (χ0n) is 21.6. The first kappa shape index (κ1) is 25.2. The van der Waals surface area contributed by atoms with Gasteiger partial charge in [0.2, 0.25) is 11.8 Å². The zero-order chi connectivity index (χ0) is 26.4. The van der Waals surface area contributed by atoms with Gasteiger partial charge in [0, 0.05) is 36.8 Å². The lowest BCUT2D eigenvalue weighted by atomic mass is 9.86. The Labute approximate surface area is 226 Å². The number of anilines is 1. The molecule has 38 heavy (non-hydrogen) atoms. The Morgan fingerprint density at radius 3 is 2.82 bits per heavy atom. The van der Waals surface area contributed by atoms with E-state index in [4.69, 9.17) is 4.74 Å². The summed E-state index contributed by atoms with van der Waals surface area (Å²) in [5.74, 6) is 0.250. The summed E-state index contributed by atoms with van der Waals surface area (Å²) in [6.07, 6.45) is 7.26. The Hall–Kier alpha value is -3.05. The molecular formula is C27H34N6O4S. The molecule has 0 bridgehead atoms. The normalized spacial score (nSPS) is 28.8. The summed E-state index contributed by atoms with van der Waals surface area (Å²) in [4.78, 5) is 47.8. The molecule has 0 radical (unpaired) electrons. The van der Waals surface area contributed by atoms with Gasteiger partial charge in [-0.2, -0.15) is 0 Å². The fourth-order valence-electron chi connectivity index (χ4n) is 6.09. The van der Waals surface area contributed by atoms with Gasteiger partial charge in [-0.25, -0.2) is 9.78 Å². The van der Waals surface area contributed by atoms with Gasteiger partial charge >= 0.3 is 6.03 Å². The summed E-state index contributed by atoms with van der Waals surface area (Å²) in [6.45, 7) is 7.37. The van der Waals surface area contributed by atoms with Crippen LogP contribution in [-0.4, -0.2) is 70.9 Å². The van der Waals surface area contributed by atoms with Gasteiger partial charge in [-0.05, 0) is 64.1 Å². The third-order valence-corrected chi connectivity index (χ3v) is 9.58. The molecular weight excluding hydrogens is 504 g/mol. The highest BCUT2D eigenvalue weighted by atomic mass is 32.2. The van der Waals surface area contributed by atoms with E-state index in [1.807, 2.05) is 24.0 Å². The van der Waals surface area contributed by atoms with Crippen LogP contribution in [0, 0.1) is 12.8 Å². The summed E-state index contributed by atoms with van der Waals surface area (Å²) in [7, 11) is 0. The molecule has 4 fully saturated rings. The molecule has 1 aliphatic carbocycles. The Morgan fingerprint density at radius 1 is 1.24 bits per heavy atom. The topological polar surface area (TPSA) is 116 Å². The molecule has 1 saturated carbocycles. The molecule has 202 valence electrons. The smallest absolute Gasteiger partial charge is 0.326 e. The number of amides is 4. The number of rotatable bonds is 6. The van der Waals surface area contributed by atoms with Crippen LogP contribution in [0.4, 0.5) is 10.5 Å². The van der Waals surface area contributed by atoms with E-state index in [0.717, 1.165) is 50.0 Å². The van der Waals surface area contributed by atoms with Crippen LogP contribution in [0.3, 0.4) is 0 Å². The van der Waals surface area contributed by atoms with Crippen molar-refractivity contribution in [1.82, 2.24) is 25.8 Å². The van der Waals surface area contributed by atoms with E-state index in [0.29, 0.717) is 29.6 Å². The number of urea groups is 1. The summed E-state index contributed by atoms with van der Waals surface area (Å²) in [6, 6.07) is 3.32. The average Bonchev–Trinajstić information content (AvgIpc) is 3.26. The van der Waals surface area contributed by atoms with Gasteiger partial charge in [0.15, 0.2) is 0 Å². The maximum Gasteiger partial charge on any atom is 0.326 e. The van der Waals surface area contributed by atoms with Gasteiger partial charge < -0.3 is 25.6 Å². The van der Waals surface area contributed by atoms with Crippen molar-refractivity contribution < 1.29 is 19.1 Å². The molecule has 5 aliphatic rings. The molecule has 11 heteroatoms. The minimum Gasteiger partial charge on any atom is -0.474 e. The molecule has 6 rings (SSSR count). The van der Waals surface area contributed by atoms with Crippen LogP contribution in [0.5, 0.6) is 5.88 Å². The summed E-state index contributed by atoms with van der Waals surface area (Å²) < 4.78 is 5.96. The minimum atomic E-state index is -0.243. The van der Waals surface area contributed by atoms with E-state index in [2.05, 4.69) is 27.5 Å². The second-order valence-electron chi connectivity index (χ2n) is 10.6. The van der Waals surface area contributed by atoms with Crippen molar-refractivity contribution in [3.8, 4) is 5.88 Å². The molecule has 0 spiro atoms. The predicted octanol–water partition coefficient (Wildman–Crippen LogP) is 2.41. The first-order valence-electron chi connectivity index (χ1n) is 13.5. The van der Waals surface area contributed by atoms with E-state index in [-0.39, 0.29) is 47.3 Å². The number of nitrogens with zero attached hydrogens (tertiary/aromatic N) is 3. The molecule has 0 aromatic carbocycles. The summed E-state index contributed by atoms with van der Waals surface area (Å²) >= 11 is 1.48. The molecule has 4 atom stereocenters. The van der Waals surface area contributed by atoms with Crippen LogP contribution < -0.4 is 25.6 Å². The second kappa shape index (κ2) is 10.3. The van der Waals surface area contributed by atoms with Crippen LogP contribution in [0.1, 0.15) is 44.2 Å². The van der Waals surface area contributed by atoms with Crippen molar-refractivity contribution >= 4 is 35.3 Å². The predicted molar refractivity (Wildman–Crippen MR) is 144 cm³/mol.